The van der Waals surface area contributed by atoms with Gasteiger partial charge in [-0.1, -0.05) is 0 Å². The third-order valence-corrected chi connectivity index (χ3v) is 6.06. The molecule has 0 radical (unpaired) electrons. The SMILES string of the molecule is O=C(NC1CC2CCC(C1)N2)c1csc(-c2ccc3c(c2)OCO3)n1. The Hall–Kier alpha value is -2.12. The van der Waals surface area contributed by atoms with E-state index in [0.717, 1.165) is 34.9 Å². The fourth-order valence-corrected chi connectivity index (χ4v) is 4.77. The fourth-order valence-electron chi connectivity index (χ4n) is 3.97. The van der Waals surface area contributed by atoms with Crippen LogP contribution in [0.2, 0.25) is 0 Å². The number of nitrogens with zero attached hydrogens (tertiary/aromatic N) is 1. The minimum absolute atomic E-state index is 0.0745. The normalized spacial score (nSPS) is 26.6. The van der Waals surface area contributed by atoms with Crippen LogP contribution in [0.1, 0.15) is 36.2 Å². The average Bonchev–Trinajstić information content (AvgIpc) is 3.33. The zero-order chi connectivity index (χ0) is 16.8. The van der Waals surface area contributed by atoms with E-state index in [1.165, 1.54) is 24.2 Å². The van der Waals surface area contributed by atoms with Gasteiger partial charge in [-0.05, 0) is 43.9 Å². The number of amides is 1. The van der Waals surface area contributed by atoms with Gasteiger partial charge in [0.05, 0.1) is 0 Å². The lowest BCUT2D eigenvalue weighted by atomic mass is 10.00. The highest BCUT2D eigenvalue weighted by molar-refractivity contribution is 7.13. The number of fused-ring (bicyclic) bond motifs is 3. The Bertz CT molecular complexity index is 810. The minimum Gasteiger partial charge on any atom is -0.454 e. The summed E-state index contributed by atoms with van der Waals surface area (Å²) in [5.74, 6) is 1.40. The number of benzene rings is 1. The van der Waals surface area contributed by atoms with E-state index in [0.29, 0.717) is 17.8 Å². The van der Waals surface area contributed by atoms with Crippen molar-refractivity contribution in [3.63, 3.8) is 0 Å². The Labute approximate surface area is 149 Å². The first kappa shape index (κ1) is 15.2. The second-order valence-electron chi connectivity index (χ2n) is 6.89. The third-order valence-electron chi connectivity index (χ3n) is 5.16. The van der Waals surface area contributed by atoms with Crippen molar-refractivity contribution in [2.24, 2.45) is 0 Å². The topological polar surface area (TPSA) is 72.5 Å². The highest BCUT2D eigenvalue weighted by atomic mass is 32.1. The molecule has 2 saturated heterocycles. The summed E-state index contributed by atoms with van der Waals surface area (Å²) in [5, 5.41) is 9.39. The van der Waals surface area contributed by atoms with E-state index in [-0.39, 0.29) is 18.7 Å². The van der Waals surface area contributed by atoms with Crippen molar-refractivity contribution in [2.45, 2.75) is 43.8 Å². The lowest BCUT2D eigenvalue weighted by molar-refractivity contribution is 0.0919. The Balaban J connectivity index is 1.30. The number of thiazole rings is 1. The minimum atomic E-state index is -0.0745. The van der Waals surface area contributed by atoms with Crippen LogP contribution in [-0.2, 0) is 0 Å². The standard InChI is InChI=1S/C18H19N3O3S/c22-17(20-13-6-11-2-3-12(7-13)19-11)14-8-25-18(21-14)10-1-4-15-16(5-10)24-9-23-15/h1,4-5,8,11-13,19H,2-3,6-7,9H2,(H,20,22). The number of rotatable bonds is 3. The Morgan fingerprint density at radius 1 is 1.20 bits per heavy atom. The Morgan fingerprint density at radius 2 is 2.00 bits per heavy atom. The van der Waals surface area contributed by atoms with E-state index in [9.17, 15) is 4.79 Å². The molecule has 0 spiro atoms. The molecule has 2 unspecified atom stereocenters. The molecule has 1 aromatic heterocycles. The van der Waals surface area contributed by atoms with Crippen LogP contribution in [0.4, 0.5) is 0 Å². The molecule has 0 aliphatic carbocycles. The smallest absolute Gasteiger partial charge is 0.270 e. The predicted molar refractivity (Wildman–Crippen MR) is 94.1 cm³/mol. The first-order valence-electron chi connectivity index (χ1n) is 8.67. The summed E-state index contributed by atoms with van der Waals surface area (Å²) in [5.41, 5.74) is 1.43. The van der Waals surface area contributed by atoms with Crippen molar-refractivity contribution in [1.82, 2.24) is 15.6 Å². The molecule has 3 aliphatic heterocycles. The van der Waals surface area contributed by atoms with Crippen LogP contribution >= 0.6 is 11.3 Å². The molecule has 1 aromatic carbocycles. The molecule has 2 bridgehead atoms. The third kappa shape index (κ3) is 2.87. The van der Waals surface area contributed by atoms with E-state index >= 15 is 0 Å². The maximum absolute atomic E-state index is 12.5. The van der Waals surface area contributed by atoms with Crippen molar-refractivity contribution in [3.8, 4) is 22.1 Å². The molecule has 130 valence electrons. The van der Waals surface area contributed by atoms with Gasteiger partial charge in [-0.15, -0.1) is 11.3 Å². The molecule has 7 heteroatoms. The van der Waals surface area contributed by atoms with Crippen molar-refractivity contribution < 1.29 is 14.3 Å². The zero-order valence-electron chi connectivity index (χ0n) is 13.7. The van der Waals surface area contributed by atoms with E-state index < -0.39 is 0 Å². The average molecular weight is 357 g/mol. The molecule has 2 aromatic rings. The van der Waals surface area contributed by atoms with Crippen LogP contribution in [0.25, 0.3) is 10.6 Å². The molecule has 6 nitrogen and oxygen atoms in total. The molecule has 0 saturated carbocycles. The molecular formula is C18H19N3O3S. The summed E-state index contributed by atoms with van der Waals surface area (Å²) in [6.07, 6.45) is 4.48. The van der Waals surface area contributed by atoms with E-state index in [2.05, 4.69) is 15.6 Å². The van der Waals surface area contributed by atoms with Crippen LogP contribution in [-0.4, -0.2) is 35.8 Å². The lowest BCUT2D eigenvalue weighted by Gasteiger charge is -2.29. The molecule has 25 heavy (non-hydrogen) atoms. The van der Waals surface area contributed by atoms with Crippen LogP contribution in [0, 0.1) is 0 Å². The van der Waals surface area contributed by atoms with Gasteiger partial charge in [0, 0.05) is 29.1 Å². The van der Waals surface area contributed by atoms with Crippen LogP contribution in [0.15, 0.2) is 23.6 Å². The number of nitrogens with one attached hydrogen (secondary N) is 2. The van der Waals surface area contributed by atoms with Gasteiger partial charge in [-0.3, -0.25) is 4.79 Å². The summed E-state index contributed by atoms with van der Waals surface area (Å²) in [7, 11) is 0. The summed E-state index contributed by atoms with van der Waals surface area (Å²) >= 11 is 1.47. The molecule has 2 fully saturated rings. The van der Waals surface area contributed by atoms with Gasteiger partial charge in [0.1, 0.15) is 10.7 Å². The molecule has 3 aliphatic rings. The van der Waals surface area contributed by atoms with Crippen LogP contribution in [0.3, 0.4) is 0 Å². The van der Waals surface area contributed by atoms with Gasteiger partial charge in [-0.25, -0.2) is 4.98 Å². The van der Waals surface area contributed by atoms with Crippen molar-refractivity contribution in [1.29, 1.82) is 0 Å². The molecule has 2 N–H and O–H groups in total. The number of hydrogen-bond donors (Lipinski definition) is 2. The van der Waals surface area contributed by atoms with Crippen LogP contribution in [0.5, 0.6) is 11.5 Å². The Morgan fingerprint density at radius 3 is 2.84 bits per heavy atom. The first-order valence-corrected chi connectivity index (χ1v) is 9.55. The van der Waals surface area contributed by atoms with Crippen LogP contribution < -0.4 is 20.1 Å². The number of hydrogen-bond acceptors (Lipinski definition) is 6. The van der Waals surface area contributed by atoms with E-state index in [1.807, 2.05) is 23.6 Å². The fraction of sp³-hybridized carbons (Fsp3) is 0.444. The summed E-state index contributed by atoms with van der Waals surface area (Å²) < 4.78 is 10.7. The Kier molecular flexibility index (Phi) is 3.64. The number of carbonyl (C=O) groups is 1. The van der Waals surface area contributed by atoms with Gasteiger partial charge in [0.25, 0.3) is 5.91 Å². The van der Waals surface area contributed by atoms with Gasteiger partial charge < -0.3 is 20.1 Å². The second kappa shape index (κ2) is 6.00. The van der Waals surface area contributed by atoms with E-state index in [4.69, 9.17) is 9.47 Å². The zero-order valence-corrected chi connectivity index (χ0v) is 14.5. The molecule has 2 atom stereocenters. The summed E-state index contributed by atoms with van der Waals surface area (Å²) in [6.45, 7) is 0.253. The molecule has 5 rings (SSSR count). The number of carbonyl (C=O) groups excluding carboxylic acids is 1. The van der Waals surface area contributed by atoms with Crippen molar-refractivity contribution in [3.05, 3.63) is 29.3 Å². The first-order chi connectivity index (χ1) is 12.2. The largest absolute Gasteiger partial charge is 0.454 e. The van der Waals surface area contributed by atoms with Gasteiger partial charge in [-0.2, -0.15) is 0 Å². The van der Waals surface area contributed by atoms with Gasteiger partial charge in [0.15, 0.2) is 11.5 Å². The molecule has 4 heterocycles. The van der Waals surface area contributed by atoms with Crippen molar-refractivity contribution >= 4 is 17.2 Å². The van der Waals surface area contributed by atoms with Gasteiger partial charge >= 0.3 is 0 Å². The maximum Gasteiger partial charge on any atom is 0.270 e. The second-order valence-corrected chi connectivity index (χ2v) is 7.74. The van der Waals surface area contributed by atoms with Gasteiger partial charge in [0.2, 0.25) is 6.79 Å². The highest BCUT2D eigenvalue weighted by Crippen LogP contribution is 2.36. The number of ether oxygens (including phenoxy) is 2. The van der Waals surface area contributed by atoms with Crippen molar-refractivity contribution in [2.75, 3.05) is 6.79 Å². The summed E-state index contributed by atoms with van der Waals surface area (Å²) in [4.78, 5) is 17.1. The summed E-state index contributed by atoms with van der Waals surface area (Å²) in [6, 6.07) is 7.10. The molecule has 1 amide bonds. The number of aromatic nitrogens is 1. The highest BCUT2D eigenvalue weighted by Gasteiger charge is 2.34. The quantitative estimate of drug-likeness (QED) is 0.883. The predicted octanol–water partition coefficient (Wildman–Crippen LogP) is 2.55. The van der Waals surface area contributed by atoms with E-state index in [1.54, 1.807) is 0 Å². The lowest BCUT2D eigenvalue weighted by Crippen LogP contribution is -2.48. The number of piperidine rings is 1. The molecular weight excluding hydrogens is 338 g/mol. The maximum atomic E-state index is 12.5. The monoisotopic (exact) mass is 357 g/mol.